The first-order valence-electron chi connectivity index (χ1n) is 10.6. The predicted octanol–water partition coefficient (Wildman–Crippen LogP) is 2.72. The van der Waals surface area contributed by atoms with E-state index in [4.69, 9.17) is 10.7 Å². The maximum Gasteiger partial charge on any atom is 0.158 e. The minimum Gasteiger partial charge on any atom is -0.354 e. The molecule has 8 heteroatoms. The number of hydrogen-bond acceptors (Lipinski definition) is 8. The molecule has 0 amide bonds. The number of nitrogens with zero attached hydrogens (tertiary/aromatic N) is 6. The maximum absolute atomic E-state index is 9.32. The molecule has 1 aromatic carbocycles. The Morgan fingerprint density at radius 2 is 1.94 bits per heavy atom. The van der Waals surface area contributed by atoms with Crippen LogP contribution in [0.5, 0.6) is 0 Å². The van der Waals surface area contributed by atoms with Gasteiger partial charge in [0.1, 0.15) is 12.0 Å². The highest BCUT2D eigenvalue weighted by Gasteiger charge is 2.19. The Kier molecular flexibility index (Phi) is 5.98. The van der Waals surface area contributed by atoms with Crippen molar-refractivity contribution in [3.63, 3.8) is 0 Å². The second-order valence-electron chi connectivity index (χ2n) is 7.90. The third kappa shape index (κ3) is 4.15. The first-order chi connectivity index (χ1) is 15.0. The minimum atomic E-state index is -0.516. The van der Waals surface area contributed by atoms with Crippen LogP contribution in [0.25, 0.3) is 10.8 Å². The average molecular weight is 417 g/mol. The number of fused-ring (bicyclic) bond motifs is 1. The number of pyridine rings is 1. The second kappa shape index (κ2) is 8.84. The number of aromatic nitrogens is 3. The van der Waals surface area contributed by atoms with Crippen LogP contribution in [0.2, 0.25) is 0 Å². The van der Waals surface area contributed by atoms with E-state index in [9.17, 15) is 5.26 Å². The summed E-state index contributed by atoms with van der Waals surface area (Å²) in [6.45, 7) is 11.1. The summed E-state index contributed by atoms with van der Waals surface area (Å²) in [5.74, 6) is 1.56. The van der Waals surface area contributed by atoms with Crippen molar-refractivity contribution in [1.29, 1.82) is 5.26 Å². The van der Waals surface area contributed by atoms with Gasteiger partial charge in [-0.2, -0.15) is 10.4 Å². The summed E-state index contributed by atoms with van der Waals surface area (Å²) in [4.78, 5) is 9.45. The van der Waals surface area contributed by atoms with Crippen molar-refractivity contribution in [2.24, 2.45) is 5.73 Å². The number of nitrogens with one attached hydrogen (secondary N) is 1. The van der Waals surface area contributed by atoms with Crippen molar-refractivity contribution < 1.29 is 0 Å². The highest BCUT2D eigenvalue weighted by atomic mass is 15.3. The molecular formula is C23H28N8. The number of piperazine rings is 1. The van der Waals surface area contributed by atoms with Crippen LogP contribution in [-0.4, -0.2) is 52.8 Å². The van der Waals surface area contributed by atoms with Crippen molar-refractivity contribution in [2.45, 2.75) is 26.9 Å². The lowest BCUT2D eigenvalue weighted by Crippen LogP contribution is -2.46. The zero-order chi connectivity index (χ0) is 22.0. The summed E-state index contributed by atoms with van der Waals surface area (Å²) in [5.41, 5.74) is 9.64. The number of likely N-dealkylation sites (N-methyl/N-ethyl adjacent to an activating group) is 1. The van der Waals surface area contributed by atoms with Gasteiger partial charge in [0.25, 0.3) is 0 Å². The molecule has 3 N–H and O–H groups in total. The molecule has 3 aromatic rings. The Morgan fingerprint density at radius 3 is 2.65 bits per heavy atom. The van der Waals surface area contributed by atoms with Crippen LogP contribution >= 0.6 is 0 Å². The molecule has 1 aliphatic heterocycles. The molecule has 0 spiro atoms. The zero-order valence-electron chi connectivity index (χ0n) is 18.3. The van der Waals surface area contributed by atoms with Gasteiger partial charge in [0, 0.05) is 43.1 Å². The first kappa shape index (κ1) is 21.0. The molecule has 160 valence electrons. The van der Waals surface area contributed by atoms with E-state index < -0.39 is 6.17 Å². The van der Waals surface area contributed by atoms with Gasteiger partial charge in [0.2, 0.25) is 0 Å². The van der Waals surface area contributed by atoms with E-state index >= 15 is 0 Å². The molecule has 3 heterocycles. The predicted molar refractivity (Wildman–Crippen MR) is 123 cm³/mol. The van der Waals surface area contributed by atoms with E-state index in [1.165, 1.54) is 0 Å². The molecule has 0 radical (unpaired) electrons. The van der Waals surface area contributed by atoms with E-state index in [0.29, 0.717) is 11.4 Å². The smallest absolute Gasteiger partial charge is 0.158 e. The Hall–Kier alpha value is -3.28. The molecule has 1 fully saturated rings. The summed E-state index contributed by atoms with van der Waals surface area (Å²) in [5, 5.41) is 23.2. The molecular weight excluding hydrogens is 388 g/mol. The minimum absolute atomic E-state index is 0.516. The van der Waals surface area contributed by atoms with Crippen molar-refractivity contribution >= 4 is 22.4 Å². The third-order valence-corrected chi connectivity index (χ3v) is 6.10. The molecule has 8 nitrogen and oxygen atoms in total. The van der Waals surface area contributed by atoms with Gasteiger partial charge in [0.15, 0.2) is 5.82 Å². The van der Waals surface area contributed by atoms with Gasteiger partial charge >= 0.3 is 0 Å². The number of benzene rings is 1. The Morgan fingerprint density at radius 1 is 1.16 bits per heavy atom. The largest absolute Gasteiger partial charge is 0.354 e. The number of anilines is 2. The summed E-state index contributed by atoms with van der Waals surface area (Å²) in [6, 6.07) is 9.86. The van der Waals surface area contributed by atoms with E-state index in [0.717, 1.165) is 66.1 Å². The van der Waals surface area contributed by atoms with Gasteiger partial charge in [-0.15, -0.1) is 5.10 Å². The third-order valence-electron chi connectivity index (χ3n) is 6.10. The van der Waals surface area contributed by atoms with Crippen LogP contribution in [0, 0.1) is 25.2 Å². The highest BCUT2D eigenvalue weighted by molar-refractivity contribution is 5.94. The maximum atomic E-state index is 9.32. The summed E-state index contributed by atoms with van der Waals surface area (Å²) < 4.78 is 0. The van der Waals surface area contributed by atoms with E-state index in [1.807, 2.05) is 32.2 Å². The number of nitrogens with two attached hydrogens (primary N) is 1. The lowest BCUT2D eigenvalue weighted by atomic mass is 10.0. The summed E-state index contributed by atoms with van der Waals surface area (Å²) in [6.07, 6.45) is 1.36. The van der Waals surface area contributed by atoms with E-state index in [2.05, 4.69) is 44.4 Å². The number of hydrogen-bond donors (Lipinski definition) is 2. The normalized spacial score (nSPS) is 15.6. The van der Waals surface area contributed by atoms with E-state index in [-0.39, 0.29) is 0 Å². The monoisotopic (exact) mass is 416 g/mol. The van der Waals surface area contributed by atoms with Crippen LogP contribution in [0.3, 0.4) is 0 Å². The van der Waals surface area contributed by atoms with Crippen molar-refractivity contribution in [1.82, 2.24) is 20.1 Å². The summed E-state index contributed by atoms with van der Waals surface area (Å²) >= 11 is 0. The van der Waals surface area contributed by atoms with Crippen molar-refractivity contribution in [2.75, 3.05) is 42.9 Å². The average Bonchev–Trinajstić information content (AvgIpc) is 2.81. The second-order valence-corrected chi connectivity index (χ2v) is 7.90. The van der Waals surface area contributed by atoms with Crippen LogP contribution in [0.1, 0.15) is 35.5 Å². The molecule has 1 aliphatic rings. The molecule has 2 aromatic heterocycles. The van der Waals surface area contributed by atoms with E-state index in [1.54, 1.807) is 6.07 Å². The number of rotatable bonds is 5. The van der Waals surface area contributed by atoms with Crippen LogP contribution < -0.4 is 16.0 Å². The van der Waals surface area contributed by atoms with Crippen LogP contribution in [0.15, 0.2) is 30.5 Å². The molecule has 0 saturated carbocycles. The Balaban J connectivity index is 1.66. The fourth-order valence-corrected chi connectivity index (χ4v) is 4.07. The Labute approximate surface area is 182 Å². The van der Waals surface area contributed by atoms with Gasteiger partial charge in [-0.05, 0) is 43.7 Å². The lowest BCUT2D eigenvalue weighted by molar-refractivity contribution is 0.270. The van der Waals surface area contributed by atoms with Crippen molar-refractivity contribution in [3.8, 4) is 6.07 Å². The quantitative estimate of drug-likeness (QED) is 0.612. The van der Waals surface area contributed by atoms with Gasteiger partial charge in [0.05, 0.1) is 17.3 Å². The fourth-order valence-electron chi connectivity index (χ4n) is 4.07. The number of aryl methyl sites for hydroxylation is 1. The summed E-state index contributed by atoms with van der Waals surface area (Å²) in [7, 11) is 0. The molecule has 1 atom stereocenters. The van der Waals surface area contributed by atoms with Gasteiger partial charge in [-0.25, -0.2) is 4.98 Å². The van der Waals surface area contributed by atoms with Crippen LogP contribution in [0.4, 0.5) is 11.6 Å². The highest BCUT2D eigenvalue weighted by Crippen LogP contribution is 2.29. The van der Waals surface area contributed by atoms with Gasteiger partial charge in [-0.1, -0.05) is 19.1 Å². The molecule has 4 rings (SSSR count). The molecule has 0 bridgehead atoms. The standard InChI is InChI=1S/C23H28N8/c1-4-30-8-10-31(11-9-30)21-12-19-20(14-26-21)16(3)28-29-23(19)27-22(25)18-7-5-6-17(13-24)15(18)2/h5-7,12,14,22H,4,8-11,25H2,1-3H3,(H,27,29)/t22-/m0/s1. The SMILES string of the molecule is CCN1CCN(c2cc3c(N[C@H](N)c4cccc(C#N)c4C)nnc(C)c3cn2)CC1. The molecule has 1 saturated heterocycles. The van der Waals surface area contributed by atoms with Gasteiger partial charge in [-0.3, -0.25) is 0 Å². The number of nitriles is 1. The molecule has 0 aliphatic carbocycles. The Bertz CT molecular complexity index is 1130. The topological polar surface area (TPSA) is 107 Å². The van der Waals surface area contributed by atoms with Crippen LogP contribution in [-0.2, 0) is 0 Å². The van der Waals surface area contributed by atoms with Gasteiger partial charge < -0.3 is 20.9 Å². The first-order valence-corrected chi connectivity index (χ1v) is 10.6. The molecule has 0 unspecified atom stereocenters. The fraction of sp³-hybridized carbons (Fsp3) is 0.391. The lowest BCUT2D eigenvalue weighted by Gasteiger charge is -2.34. The zero-order valence-corrected chi connectivity index (χ0v) is 18.3. The van der Waals surface area contributed by atoms with Crippen molar-refractivity contribution in [3.05, 3.63) is 52.8 Å². The molecule has 31 heavy (non-hydrogen) atoms.